The molecule has 2 aliphatic carbocycles. The highest BCUT2D eigenvalue weighted by Gasteiger charge is 2.63. The Labute approximate surface area is 308 Å². The normalized spacial score (nSPS) is 26.4. The van der Waals surface area contributed by atoms with Gasteiger partial charge in [0.1, 0.15) is 40.4 Å². The fraction of sp³-hybridized carbons (Fsp3) is 0.541. The van der Waals surface area contributed by atoms with Gasteiger partial charge in [-0.1, -0.05) is 26.0 Å². The number of allylic oxidation sites excluding steroid dienone is 1. The second-order valence-electron chi connectivity index (χ2n) is 15.0. The Morgan fingerprint density at radius 2 is 1.96 bits per heavy atom. The summed E-state index contributed by atoms with van der Waals surface area (Å²) in [5.41, 5.74) is 0.817. The Kier molecular flexibility index (Phi) is 9.47. The maximum Gasteiger partial charge on any atom is 0.319 e. The molecule has 0 bridgehead atoms. The number of nitrogens with zero attached hydrogens (tertiary/aromatic N) is 4. The van der Waals surface area contributed by atoms with Gasteiger partial charge in [0, 0.05) is 48.8 Å². The zero-order valence-electron chi connectivity index (χ0n) is 30.2. The van der Waals surface area contributed by atoms with Crippen LogP contribution in [0.2, 0.25) is 0 Å². The number of ether oxygens (including phenoxy) is 2. The van der Waals surface area contributed by atoms with Crippen LogP contribution in [0.25, 0.3) is 21.6 Å². The Morgan fingerprint density at radius 3 is 2.67 bits per heavy atom. The first kappa shape index (κ1) is 36.1. The van der Waals surface area contributed by atoms with Crippen molar-refractivity contribution in [2.75, 3.05) is 27.3 Å². The van der Waals surface area contributed by atoms with E-state index < -0.39 is 44.3 Å². The molecule has 4 amide bonds. The van der Waals surface area contributed by atoms with Gasteiger partial charge in [-0.3, -0.25) is 14.3 Å². The Bertz CT molecular complexity index is 2040. The lowest BCUT2D eigenvalue weighted by Crippen LogP contribution is -2.69. The average molecular weight is 751 g/mol. The van der Waals surface area contributed by atoms with Crippen LogP contribution in [-0.4, -0.2) is 95.7 Å². The van der Waals surface area contributed by atoms with E-state index in [4.69, 9.17) is 19.4 Å². The molecule has 4 atom stereocenters. The van der Waals surface area contributed by atoms with E-state index in [9.17, 15) is 22.8 Å². The summed E-state index contributed by atoms with van der Waals surface area (Å²) in [6.45, 7) is 6.40. The second-order valence-corrected chi connectivity index (χ2v) is 18.1. The highest BCUT2D eigenvalue weighted by molar-refractivity contribution is 7.91. The van der Waals surface area contributed by atoms with E-state index in [2.05, 4.69) is 23.9 Å². The van der Waals surface area contributed by atoms with Crippen LogP contribution >= 0.6 is 11.3 Å². The number of nitrogens with one attached hydrogen (secondary N) is 2. The van der Waals surface area contributed by atoms with Gasteiger partial charge in [0.2, 0.25) is 15.9 Å². The zero-order valence-corrected chi connectivity index (χ0v) is 31.8. The Hall–Kier alpha value is -4.24. The maximum atomic E-state index is 14.2. The van der Waals surface area contributed by atoms with Crippen molar-refractivity contribution in [3.8, 4) is 22.2 Å². The number of benzene rings is 1. The molecule has 2 saturated carbocycles. The largest absolute Gasteiger partial charge is 0.497 e. The standard InChI is InChI=1S/C37H46N6O7S2/c1-22(2)29-21-51-32(39-29)28-18-31(26-12-11-25(49-5)17-27(26)38-28)50-20-24-16-30-33(44)42(4)15-9-7-6-8-10-23-19-37(23,40-35(46)43(24)30)34(45)41-52(47,48)36(3)13-14-36/h8,10-12,17-18,21-24,30H,6-7,9,13-16,19-20H2,1-5H3,(H,40,46)(H,41,45)/b10-8-/t23-,24-,30-,37-/m0/s1. The summed E-state index contributed by atoms with van der Waals surface area (Å²) in [5.74, 6) is 0.117. The van der Waals surface area contributed by atoms with Crippen LogP contribution in [0.15, 0.2) is 41.8 Å². The first-order chi connectivity index (χ1) is 24.7. The van der Waals surface area contributed by atoms with Crippen molar-refractivity contribution in [1.82, 2.24) is 29.8 Å². The van der Waals surface area contributed by atoms with E-state index in [1.54, 1.807) is 26.0 Å². The molecule has 2 aliphatic heterocycles. The number of likely N-dealkylation sites (N-methyl/N-ethyl adjacent to an activating group) is 1. The second kappa shape index (κ2) is 13.6. The summed E-state index contributed by atoms with van der Waals surface area (Å²) in [4.78, 5) is 54.4. The highest BCUT2D eigenvalue weighted by atomic mass is 32.2. The van der Waals surface area contributed by atoms with Crippen molar-refractivity contribution in [2.45, 2.75) is 94.0 Å². The summed E-state index contributed by atoms with van der Waals surface area (Å²) in [6.07, 6.45) is 7.79. The predicted molar refractivity (Wildman–Crippen MR) is 198 cm³/mol. The topological polar surface area (TPSA) is 160 Å². The lowest BCUT2D eigenvalue weighted by Gasteiger charge is -2.48. The minimum absolute atomic E-state index is 0.0653. The molecule has 0 unspecified atom stereocenters. The SMILES string of the molecule is COc1ccc2c(OC[C@@H]3C[C@H]4C(=O)N(C)CCCC/C=C\[C@H]5C[C@]5(C(=O)NS(=O)(=O)C5(C)CC5)NC(=O)N34)cc(-c3nc(C(C)C)cs3)nc2c1. The van der Waals surface area contributed by atoms with Gasteiger partial charge in [0.05, 0.1) is 29.1 Å². The van der Waals surface area contributed by atoms with Crippen LogP contribution in [0.1, 0.15) is 77.3 Å². The number of rotatable bonds is 9. The van der Waals surface area contributed by atoms with Crippen molar-refractivity contribution in [3.05, 3.63) is 47.5 Å². The molecular weight excluding hydrogens is 705 g/mol. The number of aromatic nitrogens is 2. The third-order valence-electron chi connectivity index (χ3n) is 10.9. The number of sulfonamides is 1. The minimum Gasteiger partial charge on any atom is -0.497 e. The van der Waals surface area contributed by atoms with Gasteiger partial charge in [-0.25, -0.2) is 23.2 Å². The van der Waals surface area contributed by atoms with Gasteiger partial charge in [-0.2, -0.15) is 0 Å². The van der Waals surface area contributed by atoms with Crippen LogP contribution in [0, 0.1) is 5.92 Å². The molecule has 3 aromatic rings. The van der Waals surface area contributed by atoms with Crippen LogP contribution in [0.4, 0.5) is 4.79 Å². The number of pyridine rings is 1. The fourth-order valence-electron chi connectivity index (χ4n) is 6.92. The van der Waals surface area contributed by atoms with Gasteiger partial charge in [0.25, 0.3) is 5.91 Å². The summed E-state index contributed by atoms with van der Waals surface area (Å²) in [6, 6.07) is 5.50. The average Bonchev–Trinajstić information content (AvgIpc) is 3.95. The van der Waals surface area contributed by atoms with Crippen molar-refractivity contribution in [1.29, 1.82) is 0 Å². The fourth-order valence-corrected chi connectivity index (χ4v) is 9.17. The molecule has 2 aromatic heterocycles. The Balaban J connectivity index is 1.17. The Morgan fingerprint density at radius 1 is 1.17 bits per heavy atom. The predicted octanol–water partition coefficient (Wildman–Crippen LogP) is 4.98. The number of hydrogen-bond donors (Lipinski definition) is 2. The molecule has 4 aliphatic rings. The van der Waals surface area contributed by atoms with Crippen molar-refractivity contribution >= 4 is 50.1 Å². The summed E-state index contributed by atoms with van der Waals surface area (Å²) in [7, 11) is -0.606. The van der Waals surface area contributed by atoms with Crippen molar-refractivity contribution in [3.63, 3.8) is 0 Å². The minimum atomic E-state index is -3.94. The van der Waals surface area contributed by atoms with Crippen LogP contribution in [0.5, 0.6) is 11.5 Å². The molecule has 7 rings (SSSR count). The molecule has 52 heavy (non-hydrogen) atoms. The molecule has 4 heterocycles. The molecular formula is C37H46N6O7S2. The van der Waals surface area contributed by atoms with E-state index >= 15 is 0 Å². The van der Waals surface area contributed by atoms with Gasteiger partial charge >= 0.3 is 6.03 Å². The quantitative estimate of drug-likeness (QED) is 0.288. The van der Waals surface area contributed by atoms with E-state index in [-0.39, 0.29) is 30.8 Å². The van der Waals surface area contributed by atoms with E-state index in [0.29, 0.717) is 48.5 Å². The van der Waals surface area contributed by atoms with Crippen LogP contribution < -0.4 is 19.5 Å². The van der Waals surface area contributed by atoms with Gasteiger partial charge in [-0.15, -0.1) is 11.3 Å². The molecule has 0 spiro atoms. The lowest BCUT2D eigenvalue weighted by atomic mass is 9.92. The van der Waals surface area contributed by atoms with E-state index in [1.165, 1.54) is 16.2 Å². The molecule has 2 N–H and O–H groups in total. The molecule has 15 heteroatoms. The highest BCUT2D eigenvalue weighted by Crippen LogP contribution is 2.48. The number of fused-ring (bicyclic) bond motifs is 3. The number of hydrogen-bond acceptors (Lipinski definition) is 10. The number of thiazole rings is 1. The van der Waals surface area contributed by atoms with Crippen molar-refractivity contribution in [2.24, 2.45) is 5.92 Å². The van der Waals surface area contributed by atoms with Crippen LogP contribution in [0.3, 0.4) is 0 Å². The number of carbonyl (C=O) groups is 3. The lowest BCUT2D eigenvalue weighted by molar-refractivity contribution is -0.142. The van der Waals surface area contributed by atoms with Crippen molar-refractivity contribution < 1.29 is 32.3 Å². The monoisotopic (exact) mass is 750 g/mol. The molecule has 1 aromatic carbocycles. The van der Waals surface area contributed by atoms with Gasteiger partial charge in [0.15, 0.2) is 0 Å². The molecule has 1 saturated heterocycles. The summed E-state index contributed by atoms with van der Waals surface area (Å²) in [5, 5.41) is 6.42. The zero-order chi connectivity index (χ0) is 37.0. The van der Waals surface area contributed by atoms with E-state index in [1.807, 2.05) is 41.8 Å². The first-order valence-electron chi connectivity index (χ1n) is 17.9. The van der Waals surface area contributed by atoms with Crippen LogP contribution in [-0.2, 0) is 19.6 Å². The summed E-state index contributed by atoms with van der Waals surface area (Å²) >= 11 is 1.50. The summed E-state index contributed by atoms with van der Waals surface area (Å²) < 4.78 is 39.4. The molecule has 13 nitrogen and oxygen atoms in total. The molecule has 278 valence electrons. The molecule has 3 fully saturated rings. The molecule has 0 radical (unpaired) electrons. The maximum absolute atomic E-state index is 14.2. The smallest absolute Gasteiger partial charge is 0.319 e. The van der Waals surface area contributed by atoms with E-state index in [0.717, 1.165) is 35.4 Å². The third kappa shape index (κ3) is 6.72. The first-order valence-corrected chi connectivity index (χ1v) is 20.3. The number of amides is 4. The number of methoxy groups -OCH3 is 1. The number of carbonyl (C=O) groups excluding carboxylic acids is 3. The van der Waals surface area contributed by atoms with Gasteiger partial charge < -0.3 is 24.6 Å². The third-order valence-corrected chi connectivity index (χ3v) is 14.0. The van der Waals surface area contributed by atoms with Gasteiger partial charge in [-0.05, 0) is 63.5 Å². The number of urea groups is 1.